The number of hydrogen-bond donors (Lipinski definition) is 1. The van der Waals surface area contributed by atoms with Crippen LogP contribution in [0, 0.1) is 0 Å². The normalized spacial score (nSPS) is 17.9. The molecule has 1 aromatic carbocycles. The van der Waals surface area contributed by atoms with Gasteiger partial charge in [-0.05, 0) is 49.7 Å². The number of carbonyl (C=O) groups excluding carboxylic acids is 1. The standard InChI is InChI=1S/C18H24N4O/c1-2-19-11-9-16-7-8-18(23)21(16)14-15-5-3-6-17(13-15)22-12-4-10-20-22/h3-6,10,12-13,16,19H,2,7-9,11,14H2,1H3. The number of nitrogens with zero attached hydrogens (tertiary/aromatic N) is 3. The zero-order valence-corrected chi connectivity index (χ0v) is 13.6. The van der Waals surface area contributed by atoms with Crippen LogP contribution in [0.15, 0.2) is 42.7 Å². The lowest BCUT2D eigenvalue weighted by Crippen LogP contribution is -2.34. The van der Waals surface area contributed by atoms with Crippen molar-refractivity contribution in [2.24, 2.45) is 0 Å². The van der Waals surface area contributed by atoms with Gasteiger partial charge in [-0.3, -0.25) is 4.79 Å². The van der Waals surface area contributed by atoms with Crippen LogP contribution < -0.4 is 5.32 Å². The predicted octanol–water partition coefficient (Wildman–Crippen LogP) is 2.36. The van der Waals surface area contributed by atoms with Gasteiger partial charge < -0.3 is 10.2 Å². The molecule has 1 fully saturated rings. The largest absolute Gasteiger partial charge is 0.335 e. The number of likely N-dealkylation sites (tertiary alicyclic amines) is 1. The first-order valence-corrected chi connectivity index (χ1v) is 8.37. The molecule has 0 bridgehead atoms. The molecule has 1 aliphatic rings. The van der Waals surface area contributed by atoms with E-state index < -0.39 is 0 Å². The highest BCUT2D eigenvalue weighted by Crippen LogP contribution is 2.24. The van der Waals surface area contributed by atoms with E-state index in [0.29, 0.717) is 19.0 Å². The van der Waals surface area contributed by atoms with Gasteiger partial charge in [0.1, 0.15) is 0 Å². The Hall–Kier alpha value is -2.14. The van der Waals surface area contributed by atoms with Crippen LogP contribution in [0.5, 0.6) is 0 Å². The highest BCUT2D eigenvalue weighted by Gasteiger charge is 2.30. The molecule has 5 nitrogen and oxygen atoms in total. The molecule has 0 radical (unpaired) electrons. The first-order chi connectivity index (χ1) is 11.3. The van der Waals surface area contributed by atoms with Gasteiger partial charge in [0.2, 0.25) is 5.91 Å². The van der Waals surface area contributed by atoms with Gasteiger partial charge >= 0.3 is 0 Å². The second-order valence-corrected chi connectivity index (χ2v) is 5.98. The molecule has 23 heavy (non-hydrogen) atoms. The second-order valence-electron chi connectivity index (χ2n) is 5.98. The van der Waals surface area contributed by atoms with Crippen LogP contribution in [0.25, 0.3) is 5.69 Å². The van der Waals surface area contributed by atoms with Crippen molar-refractivity contribution >= 4 is 5.91 Å². The van der Waals surface area contributed by atoms with Gasteiger partial charge in [-0.2, -0.15) is 5.10 Å². The molecular formula is C18H24N4O. The van der Waals surface area contributed by atoms with Crippen LogP contribution >= 0.6 is 0 Å². The van der Waals surface area contributed by atoms with Crippen molar-refractivity contribution in [2.45, 2.75) is 38.8 Å². The van der Waals surface area contributed by atoms with Crippen LogP contribution in [0.4, 0.5) is 0 Å². The Morgan fingerprint density at radius 3 is 3.04 bits per heavy atom. The third-order valence-corrected chi connectivity index (χ3v) is 4.39. The summed E-state index contributed by atoms with van der Waals surface area (Å²) in [5.41, 5.74) is 2.19. The maximum absolute atomic E-state index is 12.2. The summed E-state index contributed by atoms with van der Waals surface area (Å²) in [7, 11) is 0. The van der Waals surface area contributed by atoms with Crippen LogP contribution in [0.3, 0.4) is 0 Å². The Balaban J connectivity index is 1.69. The van der Waals surface area contributed by atoms with Crippen molar-refractivity contribution < 1.29 is 4.79 Å². The van der Waals surface area contributed by atoms with Crippen molar-refractivity contribution in [3.05, 3.63) is 48.3 Å². The number of benzene rings is 1. The van der Waals surface area contributed by atoms with Gasteiger partial charge in [0, 0.05) is 31.4 Å². The fraction of sp³-hybridized carbons (Fsp3) is 0.444. The molecule has 0 saturated carbocycles. The molecule has 1 atom stereocenters. The smallest absolute Gasteiger partial charge is 0.223 e. The number of carbonyl (C=O) groups is 1. The Bertz CT molecular complexity index is 638. The van der Waals surface area contributed by atoms with Crippen LogP contribution in [-0.4, -0.2) is 39.7 Å². The molecule has 1 aromatic heterocycles. The van der Waals surface area contributed by atoms with Crippen LogP contribution in [0.2, 0.25) is 0 Å². The molecule has 0 aliphatic carbocycles. The zero-order valence-electron chi connectivity index (χ0n) is 13.6. The first kappa shape index (κ1) is 15.7. The minimum absolute atomic E-state index is 0.274. The lowest BCUT2D eigenvalue weighted by molar-refractivity contribution is -0.129. The van der Waals surface area contributed by atoms with Gasteiger partial charge in [-0.25, -0.2) is 4.68 Å². The Morgan fingerprint density at radius 2 is 2.26 bits per heavy atom. The number of nitrogens with one attached hydrogen (secondary N) is 1. The second kappa shape index (κ2) is 7.42. The van der Waals surface area contributed by atoms with Crippen LogP contribution in [-0.2, 0) is 11.3 Å². The van der Waals surface area contributed by atoms with Gasteiger partial charge in [0.15, 0.2) is 0 Å². The average Bonchev–Trinajstić information content (AvgIpc) is 3.21. The Kier molecular flexibility index (Phi) is 5.08. The highest BCUT2D eigenvalue weighted by atomic mass is 16.2. The molecular weight excluding hydrogens is 288 g/mol. The van der Waals surface area contributed by atoms with E-state index in [2.05, 4.69) is 29.5 Å². The van der Waals surface area contributed by atoms with Gasteiger partial charge in [0.05, 0.1) is 5.69 Å². The summed E-state index contributed by atoms with van der Waals surface area (Å²) < 4.78 is 1.85. The molecule has 122 valence electrons. The van der Waals surface area contributed by atoms with Gasteiger partial charge in [-0.15, -0.1) is 0 Å². The van der Waals surface area contributed by atoms with Crippen molar-refractivity contribution in [3.8, 4) is 5.69 Å². The summed E-state index contributed by atoms with van der Waals surface area (Å²) in [5.74, 6) is 0.274. The summed E-state index contributed by atoms with van der Waals surface area (Å²) in [6.07, 6.45) is 6.38. The lowest BCUT2D eigenvalue weighted by atomic mass is 10.1. The molecule has 3 rings (SSSR count). The maximum atomic E-state index is 12.2. The minimum atomic E-state index is 0.274. The third-order valence-electron chi connectivity index (χ3n) is 4.39. The molecule has 1 N–H and O–H groups in total. The summed E-state index contributed by atoms with van der Waals surface area (Å²) in [5, 5.41) is 7.62. The van der Waals surface area contributed by atoms with E-state index in [1.54, 1.807) is 6.20 Å². The highest BCUT2D eigenvalue weighted by molar-refractivity contribution is 5.78. The molecule has 1 amide bonds. The van der Waals surface area contributed by atoms with E-state index in [0.717, 1.165) is 37.2 Å². The van der Waals surface area contributed by atoms with E-state index >= 15 is 0 Å². The van der Waals surface area contributed by atoms with Gasteiger partial charge in [-0.1, -0.05) is 19.1 Å². The number of amides is 1. The van der Waals surface area contributed by atoms with Crippen LogP contribution in [0.1, 0.15) is 31.7 Å². The van der Waals surface area contributed by atoms with E-state index in [4.69, 9.17) is 0 Å². The number of hydrogen-bond acceptors (Lipinski definition) is 3. The molecule has 2 aromatic rings. The molecule has 1 unspecified atom stereocenters. The SMILES string of the molecule is CCNCCC1CCC(=O)N1Cc1cccc(-n2cccn2)c1. The quantitative estimate of drug-likeness (QED) is 0.799. The summed E-state index contributed by atoms with van der Waals surface area (Å²) >= 11 is 0. The average molecular weight is 312 g/mol. The van der Waals surface area contributed by atoms with Crippen molar-refractivity contribution in [3.63, 3.8) is 0 Å². The Labute approximate surface area is 137 Å². The number of rotatable bonds is 7. The third kappa shape index (κ3) is 3.79. The van der Waals surface area contributed by atoms with Crippen molar-refractivity contribution in [1.82, 2.24) is 20.0 Å². The van der Waals surface area contributed by atoms with Crippen molar-refractivity contribution in [2.75, 3.05) is 13.1 Å². The summed E-state index contributed by atoms with van der Waals surface area (Å²) in [4.78, 5) is 14.3. The zero-order chi connectivity index (χ0) is 16.1. The summed E-state index contributed by atoms with van der Waals surface area (Å²) in [6.45, 7) is 4.74. The summed E-state index contributed by atoms with van der Waals surface area (Å²) in [6, 6.07) is 10.5. The van der Waals surface area contributed by atoms with Crippen molar-refractivity contribution in [1.29, 1.82) is 0 Å². The topological polar surface area (TPSA) is 50.2 Å². The van der Waals surface area contributed by atoms with E-state index in [1.165, 1.54) is 0 Å². The Morgan fingerprint density at radius 1 is 1.35 bits per heavy atom. The number of aromatic nitrogens is 2. The molecule has 5 heteroatoms. The van der Waals surface area contributed by atoms with E-state index in [9.17, 15) is 4.79 Å². The molecule has 1 aliphatic heterocycles. The fourth-order valence-electron chi connectivity index (χ4n) is 3.17. The monoisotopic (exact) mass is 312 g/mol. The lowest BCUT2D eigenvalue weighted by Gasteiger charge is -2.25. The molecule has 1 saturated heterocycles. The molecule has 2 heterocycles. The van der Waals surface area contributed by atoms with E-state index in [1.807, 2.05) is 34.0 Å². The maximum Gasteiger partial charge on any atom is 0.223 e. The molecule has 0 spiro atoms. The predicted molar refractivity (Wildman–Crippen MR) is 90.3 cm³/mol. The minimum Gasteiger partial charge on any atom is -0.335 e. The fourth-order valence-corrected chi connectivity index (χ4v) is 3.17. The first-order valence-electron chi connectivity index (χ1n) is 8.37. The van der Waals surface area contributed by atoms with E-state index in [-0.39, 0.29) is 5.91 Å². The van der Waals surface area contributed by atoms with Gasteiger partial charge in [0.25, 0.3) is 0 Å².